The van der Waals surface area contributed by atoms with Crippen molar-refractivity contribution in [2.45, 2.75) is 6.42 Å². The van der Waals surface area contributed by atoms with Gasteiger partial charge in [-0.1, -0.05) is 28.9 Å². The lowest BCUT2D eigenvalue weighted by Gasteiger charge is -2.40. The highest BCUT2D eigenvalue weighted by atomic mass is 35.5. The molecule has 112 valence electrons. The van der Waals surface area contributed by atoms with Gasteiger partial charge in [-0.25, -0.2) is 14.6 Å². The van der Waals surface area contributed by atoms with Crippen LogP contribution in [0.2, 0.25) is 5.02 Å². The summed E-state index contributed by atoms with van der Waals surface area (Å²) in [6, 6.07) is 8.08. The van der Waals surface area contributed by atoms with Crippen LogP contribution in [0.1, 0.15) is 5.56 Å². The van der Waals surface area contributed by atoms with Crippen LogP contribution >= 0.6 is 11.6 Å². The Kier molecular flexibility index (Phi) is 3.18. The van der Waals surface area contributed by atoms with Gasteiger partial charge in [0, 0.05) is 25.2 Å². The Morgan fingerprint density at radius 3 is 2.73 bits per heavy atom. The minimum Gasteiger partial charge on any atom is -0.354 e. The molecule has 0 N–H and O–H groups in total. The van der Waals surface area contributed by atoms with Crippen molar-refractivity contribution in [2.24, 2.45) is 13.0 Å². The van der Waals surface area contributed by atoms with Gasteiger partial charge in [0.2, 0.25) is 0 Å². The molecule has 3 heterocycles. The molecule has 1 fully saturated rings. The molecular formula is C15H15ClN6. The van der Waals surface area contributed by atoms with Gasteiger partial charge in [0.15, 0.2) is 17.0 Å². The van der Waals surface area contributed by atoms with Gasteiger partial charge in [-0.3, -0.25) is 0 Å². The van der Waals surface area contributed by atoms with Crippen molar-refractivity contribution in [3.8, 4) is 0 Å². The maximum absolute atomic E-state index is 5.92. The number of aromatic nitrogens is 5. The molecule has 0 saturated carbocycles. The van der Waals surface area contributed by atoms with E-state index < -0.39 is 0 Å². The third kappa shape index (κ3) is 2.29. The van der Waals surface area contributed by atoms with Gasteiger partial charge in [0.1, 0.15) is 6.33 Å². The second-order valence-corrected chi connectivity index (χ2v) is 6.12. The Morgan fingerprint density at radius 2 is 1.95 bits per heavy atom. The minimum absolute atomic E-state index is 0.628. The number of halogens is 1. The number of hydrogen-bond acceptors (Lipinski definition) is 5. The topological polar surface area (TPSA) is 59.7 Å². The van der Waals surface area contributed by atoms with Crippen molar-refractivity contribution in [3.63, 3.8) is 0 Å². The van der Waals surface area contributed by atoms with Crippen LogP contribution in [0.3, 0.4) is 0 Å². The average molecular weight is 315 g/mol. The number of hydrogen-bond donors (Lipinski definition) is 0. The lowest BCUT2D eigenvalue weighted by Crippen LogP contribution is -2.48. The summed E-state index contributed by atoms with van der Waals surface area (Å²) in [6.45, 7) is 1.95. The molecule has 0 atom stereocenters. The molecule has 1 aromatic carbocycles. The van der Waals surface area contributed by atoms with Crippen molar-refractivity contribution in [2.75, 3.05) is 18.0 Å². The van der Waals surface area contributed by atoms with Crippen LogP contribution in [0, 0.1) is 5.92 Å². The molecule has 0 unspecified atom stereocenters. The predicted octanol–water partition coefficient (Wildman–Crippen LogP) is 2.09. The maximum Gasteiger partial charge on any atom is 0.183 e. The molecule has 4 rings (SSSR count). The zero-order valence-corrected chi connectivity index (χ0v) is 12.9. The Hall–Kier alpha value is -2.21. The predicted molar refractivity (Wildman–Crippen MR) is 85.0 cm³/mol. The van der Waals surface area contributed by atoms with Gasteiger partial charge in [0.25, 0.3) is 0 Å². The van der Waals surface area contributed by atoms with E-state index in [1.54, 1.807) is 11.0 Å². The van der Waals surface area contributed by atoms with Crippen LogP contribution in [0.25, 0.3) is 11.2 Å². The van der Waals surface area contributed by atoms with E-state index >= 15 is 0 Å². The molecule has 0 bridgehead atoms. The van der Waals surface area contributed by atoms with Crippen LogP contribution in [-0.4, -0.2) is 38.1 Å². The Balaban J connectivity index is 1.47. The number of aryl methyl sites for hydroxylation is 1. The van der Waals surface area contributed by atoms with E-state index in [0.29, 0.717) is 5.92 Å². The molecule has 1 aliphatic heterocycles. The fourth-order valence-electron chi connectivity index (χ4n) is 2.90. The summed E-state index contributed by atoms with van der Waals surface area (Å²) in [6.07, 6.45) is 2.63. The highest BCUT2D eigenvalue weighted by Gasteiger charge is 2.30. The summed E-state index contributed by atoms with van der Waals surface area (Å²) in [5.74, 6) is 1.51. The van der Waals surface area contributed by atoms with Crippen LogP contribution in [0.4, 0.5) is 5.82 Å². The van der Waals surface area contributed by atoms with Crippen LogP contribution < -0.4 is 4.90 Å². The number of nitrogens with zero attached hydrogens (tertiary/aromatic N) is 6. The molecule has 7 heteroatoms. The van der Waals surface area contributed by atoms with Crippen molar-refractivity contribution in [3.05, 3.63) is 41.2 Å². The lowest BCUT2D eigenvalue weighted by atomic mass is 9.92. The summed E-state index contributed by atoms with van der Waals surface area (Å²) < 4.78 is 1.67. The Morgan fingerprint density at radius 1 is 1.18 bits per heavy atom. The zero-order chi connectivity index (χ0) is 15.1. The van der Waals surface area contributed by atoms with E-state index in [4.69, 9.17) is 11.6 Å². The lowest BCUT2D eigenvalue weighted by molar-refractivity contribution is 0.406. The number of anilines is 1. The first kappa shape index (κ1) is 13.5. The normalized spacial score (nSPS) is 15.3. The molecule has 1 saturated heterocycles. The summed E-state index contributed by atoms with van der Waals surface area (Å²) in [4.78, 5) is 10.8. The number of fused-ring (bicyclic) bond motifs is 1. The highest BCUT2D eigenvalue weighted by molar-refractivity contribution is 6.30. The van der Waals surface area contributed by atoms with E-state index in [9.17, 15) is 0 Å². The van der Waals surface area contributed by atoms with E-state index in [2.05, 4.69) is 37.3 Å². The SMILES string of the molecule is Cn1nnc2c(N3CC(Cc4ccc(Cl)cc4)C3)ncnc21. The fraction of sp³-hybridized carbons (Fsp3) is 0.333. The first-order valence-electron chi connectivity index (χ1n) is 7.20. The van der Waals surface area contributed by atoms with Crippen LogP contribution in [0.5, 0.6) is 0 Å². The Labute approximate surface area is 132 Å². The highest BCUT2D eigenvalue weighted by Crippen LogP contribution is 2.29. The van der Waals surface area contributed by atoms with E-state index in [1.165, 1.54) is 5.56 Å². The second-order valence-electron chi connectivity index (χ2n) is 5.68. The molecule has 0 amide bonds. The summed E-state index contributed by atoms with van der Waals surface area (Å²) in [5, 5.41) is 8.97. The summed E-state index contributed by atoms with van der Waals surface area (Å²) >= 11 is 5.92. The maximum atomic E-state index is 5.92. The number of rotatable bonds is 3. The summed E-state index contributed by atoms with van der Waals surface area (Å²) in [5.41, 5.74) is 2.86. The zero-order valence-electron chi connectivity index (χ0n) is 12.1. The number of benzene rings is 1. The van der Waals surface area contributed by atoms with E-state index in [0.717, 1.165) is 41.5 Å². The van der Waals surface area contributed by atoms with Crippen LogP contribution in [-0.2, 0) is 13.5 Å². The standard InChI is InChI=1S/C15H15ClN6/c1-21-14-13(19-20-21)15(18-9-17-14)22-7-11(8-22)6-10-2-4-12(16)5-3-10/h2-5,9,11H,6-8H2,1H3. The fourth-order valence-corrected chi connectivity index (χ4v) is 3.02. The monoisotopic (exact) mass is 314 g/mol. The van der Waals surface area contributed by atoms with Crippen molar-refractivity contribution < 1.29 is 0 Å². The minimum atomic E-state index is 0.628. The van der Waals surface area contributed by atoms with Crippen LogP contribution in [0.15, 0.2) is 30.6 Å². The molecule has 2 aromatic heterocycles. The molecular weight excluding hydrogens is 300 g/mol. The molecule has 1 aliphatic rings. The van der Waals surface area contributed by atoms with Gasteiger partial charge in [0.05, 0.1) is 0 Å². The van der Waals surface area contributed by atoms with Gasteiger partial charge in [-0.05, 0) is 30.0 Å². The van der Waals surface area contributed by atoms with Crippen molar-refractivity contribution in [1.29, 1.82) is 0 Å². The van der Waals surface area contributed by atoms with E-state index in [-0.39, 0.29) is 0 Å². The molecule has 0 radical (unpaired) electrons. The molecule has 0 spiro atoms. The van der Waals surface area contributed by atoms with Crippen molar-refractivity contribution in [1.82, 2.24) is 25.0 Å². The quantitative estimate of drug-likeness (QED) is 0.741. The van der Waals surface area contributed by atoms with E-state index in [1.807, 2.05) is 19.2 Å². The van der Waals surface area contributed by atoms with Gasteiger partial charge in [-0.2, -0.15) is 0 Å². The van der Waals surface area contributed by atoms with Gasteiger partial charge in [-0.15, -0.1) is 5.10 Å². The molecule has 3 aromatic rings. The second kappa shape index (κ2) is 5.21. The first-order valence-corrected chi connectivity index (χ1v) is 7.58. The third-order valence-corrected chi connectivity index (χ3v) is 4.32. The third-order valence-electron chi connectivity index (χ3n) is 4.06. The molecule has 22 heavy (non-hydrogen) atoms. The largest absolute Gasteiger partial charge is 0.354 e. The first-order chi connectivity index (χ1) is 10.7. The smallest absolute Gasteiger partial charge is 0.183 e. The Bertz CT molecular complexity index is 807. The van der Waals surface area contributed by atoms with Gasteiger partial charge < -0.3 is 4.90 Å². The summed E-state index contributed by atoms with van der Waals surface area (Å²) in [7, 11) is 1.84. The van der Waals surface area contributed by atoms with Gasteiger partial charge >= 0.3 is 0 Å². The average Bonchev–Trinajstić information content (AvgIpc) is 2.86. The van der Waals surface area contributed by atoms with Crippen molar-refractivity contribution >= 4 is 28.6 Å². The molecule has 6 nitrogen and oxygen atoms in total. The molecule has 0 aliphatic carbocycles.